The van der Waals surface area contributed by atoms with Gasteiger partial charge in [0, 0.05) is 46.5 Å². The molecule has 0 bridgehead atoms. The molecule has 2 saturated heterocycles. The first-order chi connectivity index (χ1) is 12.5. The van der Waals surface area contributed by atoms with Gasteiger partial charge in [-0.1, -0.05) is 0 Å². The molecule has 0 aromatic carbocycles. The smallest absolute Gasteiger partial charge is 0.323 e. The molecule has 2 heterocycles. The number of carboxylic acid groups (broad SMARTS) is 2. The second-order valence-corrected chi connectivity index (χ2v) is 9.70. The Morgan fingerprint density at radius 2 is 0.962 bits per heavy atom. The number of rotatable bonds is 6. The highest BCUT2D eigenvalue weighted by atomic mass is 32.2. The first-order valence-electron chi connectivity index (χ1n) is 7.97. The lowest BCUT2D eigenvalue weighted by molar-refractivity contribution is -0.145. The number of aliphatic hydroxyl groups is 2. The second kappa shape index (κ2) is 14.2. The lowest BCUT2D eigenvalue weighted by Crippen LogP contribution is -2.43. The molecule has 8 nitrogen and oxygen atoms in total. The van der Waals surface area contributed by atoms with Crippen LogP contribution >= 0.6 is 47.0 Å². The minimum Gasteiger partial charge on any atom is -0.480 e. The predicted octanol–water partition coefficient (Wildman–Crippen LogP) is 0.258. The largest absolute Gasteiger partial charge is 0.480 e. The van der Waals surface area contributed by atoms with Crippen LogP contribution in [-0.2, 0) is 9.59 Å². The summed E-state index contributed by atoms with van der Waals surface area (Å²) in [6.45, 7) is -0.618. The summed E-state index contributed by atoms with van der Waals surface area (Å²) in [6.07, 6.45) is 0. The van der Waals surface area contributed by atoms with Gasteiger partial charge < -0.3 is 20.4 Å². The topological polar surface area (TPSA) is 122 Å². The monoisotopic (exact) mass is 446 g/mol. The fraction of sp³-hybridized carbons (Fsp3) is 0.857. The van der Waals surface area contributed by atoms with Crippen LogP contribution in [0.4, 0.5) is 0 Å². The maximum Gasteiger partial charge on any atom is 0.323 e. The number of carboxylic acids is 2. The number of nitrogens with zero attached hydrogens (tertiary/aromatic N) is 2. The summed E-state index contributed by atoms with van der Waals surface area (Å²) in [6, 6.07) is -1.48. The van der Waals surface area contributed by atoms with Gasteiger partial charge in [-0.15, -0.1) is 47.0 Å². The van der Waals surface area contributed by atoms with Crippen molar-refractivity contribution in [2.45, 2.75) is 12.1 Å². The van der Waals surface area contributed by atoms with Crippen molar-refractivity contribution in [3.8, 4) is 0 Å². The van der Waals surface area contributed by atoms with E-state index in [0.717, 1.165) is 23.0 Å². The third-order valence-corrected chi connectivity index (χ3v) is 8.11. The van der Waals surface area contributed by atoms with Crippen LogP contribution in [0.25, 0.3) is 0 Å². The lowest BCUT2D eigenvalue weighted by atomic mass is 10.3. The van der Waals surface area contributed by atoms with Gasteiger partial charge in [-0.25, -0.2) is 0 Å². The molecule has 2 rings (SSSR count). The zero-order chi connectivity index (χ0) is 19.4. The molecule has 0 saturated carbocycles. The molecule has 2 aliphatic rings. The molecule has 4 N–H and O–H groups in total. The van der Waals surface area contributed by atoms with Gasteiger partial charge in [-0.05, 0) is 0 Å². The standard InChI is InChI=1S/2C7H13NO3S2/c2*9-3-6(7(10)11)8-4-12-1-2-13-5-8/h2*6,9H,1-5H2,(H,10,11)/t2*6-/m00/s1. The molecule has 2 aliphatic heterocycles. The lowest BCUT2D eigenvalue weighted by Gasteiger charge is -2.24. The summed E-state index contributed by atoms with van der Waals surface area (Å²) in [4.78, 5) is 25.0. The summed E-state index contributed by atoms with van der Waals surface area (Å²) >= 11 is 6.86. The molecule has 152 valence electrons. The van der Waals surface area contributed by atoms with Gasteiger partial charge in [0.05, 0.1) is 13.2 Å². The Bertz CT molecular complexity index is 380. The molecule has 0 amide bonds. The normalized spacial score (nSPS) is 22.2. The number of aliphatic carboxylic acids is 2. The number of hydrogen-bond donors (Lipinski definition) is 4. The maximum absolute atomic E-state index is 10.7. The minimum atomic E-state index is -0.939. The molecule has 26 heavy (non-hydrogen) atoms. The highest BCUT2D eigenvalue weighted by Gasteiger charge is 2.26. The van der Waals surface area contributed by atoms with Crippen LogP contribution in [0, 0.1) is 0 Å². The molecule has 2 atom stereocenters. The van der Waals surface area contributed by atoms with E-state index in [-0.39, 0.29) is 13.2 Å². The van der Waals surface area contributed by atoms with E-state index in [2.05, 4.69) is 0 Å². The maximum atomic E-state index is 10.7. The number of aliphatic hydroxyl groups excluding tert-OH is 2. The Morgan fingerprint density at radius 3 is 1.15 bits per heavy atom. The zero-order valence-corrected chi connectivity index (χ0v) is 17.6. The summed E-state index contributed by atoms with van der Waals surface area (Å²) in [5.41, 5.74) is 0. The van der Waals surface area contributed by atoms with E-state index in [1.165, 1.54) is 0 Å². The van der Waals surface area contributed by atoms with E-state index < -0.39 is 24.0 Å². The summed E-state index contributed by atoms with van der Waals surface area (Å²) in [7, 11) is 0. The summed E-state index contributed by atoms with van der Waals surface area (Å²) in [5, 5.41) is 35.4. The van der Waals surface area contributed by atoms with Gasteiger partial charge in [-0.3, -0.25) is 19.4 Å². The molecule has 0 radical (unpaired) electrons. The third kappa shape index (κ3) is 8.91. The van der Waals surface area contributed by atoms with E-state index in [9.17, 15) is 9.59 Å². The highest BCUT2D eigenvalue weighted by Crippen LogP contribution is 2.20. The van der Waals surface area contributed by atoms with Crippen molar-refractivity contribution < 1.29 is 30.0 Å². The number of carbonyl (C=O) groups is 2. The van der Waals surface area contributed by atoms with Crippen LogP contribution in [0.2, 0.25) is 0 Å². The van der Waals surface area contributed by atoms with Crippen LogP contribution < -0.4 is 0 Å². The van der Waals surface area contributed by atoms with Crippen LogP contribution in [0.5, 0.6) is 0 Å². The Labute approximate surface area is 170 Å². The molecular weight excluding hydrogens is 420 g/mol. The van der Waals surface area contributed by atoms with Crippen molar-refractivity contribution in [2.24, 2.45) is 0 Å². The average Bonchev–Trinajstić information content (AvgIpc) is 3.02. The van der Waals surface area contributed by atoms with E-state index in [0.29, 0.717) is 23.5 Å². The van der Waals surface area contributed by atoms with Crippen molar-refractivity contribution in [1.82, 2.24) is 9.80 Å². The van der Waals surface area contributed by atoms with Gasteiger partial charge in [0.2, 0.25) is 0 Å². The average molecular weight is 447 g/mol. The molecule has 0 aromatic heterocycles. The van der Waals surface area contributed by atoms with E-state index >= 15 is 0 Å². The van der Waals surface area contributed by atoms with Crippen LogP contribution in [0.1, 0.15) is 0 Å². The fourth-order valence-electron chi connectivity index (χ4n) is 2.10. The van der Waals surface area contributed by atoms with Crippen LogP contribution in [-0.4, -0.2) is 114 Å². The second-order valence-electron chi connectivity index (χ2n) is 5.40. The van der Waals surface area contributed by atoms with E-state index in [1.54, 1.807) is 56.8 Å². The van der Waals surface area contributed by atoms with Gasteiger partial charge in [0.25, 0.3) is 0 Å². The molecule has 0 unspecified atom stereocenters. The Hall–Kier alpha value is 0.180. The Kier molecular flexibility index (Phi) is 13.2. The zero-order valence-electron chi connectivity index (χ0n) is 14.4. The fourth-order valence-corrected chi connectivity index (χ4v) is 6.75. The molecule has 0 aromatic rings. The van der Waals surface area contributed by atoms with Crippen LogP contribution in [0.3, 0.4) is 0 Å². The predicted molar refractivity (Wildman–Crippen MR) is 110 cm³/mol. The molecule has 0 aliphatic carbocycles. The molecule has 2 fully saturated rings. The van der Waals surface area contributed by atoms with Crippen molar-refractivity contribution in [3.05, 3.63) is 0 Å². The van der Waals surface area contributed by atoms with Gasteiger partial charge >= 0.3 is 11.9 Å². The minimum absolute atomic E-state index is 0.309. The van der Waals surface area contributed by atoms with Gasteiger partial charge in [-0.2, -0.15) is 0 Å². The molecule has 12 heteroatoms. The molecule has 0 spiro atoms. The first-order valence-corrected chi connectivity index (χ1v) is 12.6. The van der Waals surface area contributed by atoms with Crippen LogP contribution in [0.15, 0.2) is 0 Å². The molecular formula is C14H26N2O6S4. The van der Waals surface area contributed by atoms with Crippen molar-refractivity contribution >= 4 is 59.0 Å². The van der Waals surface area contributed by atoms with Gasteiger partial charge in [0.15, 0.2) is 0 Å². The van der Waals surface area contributed by atoms with Crippen molar-refractivity contribution in [2.75, 3.05) is 59.7 Å². The number of hydrogen-bond acceptors (Lipinski definition) is 10. The Morgan fingerprint density at radius 1 is 0.692 bits per heavy atom. The van der Waals surface area contributed by atoms with Gasteiger partial charge in [0.1, 0.15) is 12.1 Å². The van der Waals surface area contributed by atoms with E-state index in [1.807, 2.05) is 0 Å². The summed E-state index contributed by atoms with van der Waals surface area (Å²) < 4.78 is 0. The summed E-state index contributed by atoms with van der Waals surface area (Å²) in [5.74, 6) is 5.14. The highest BCUT2D eigenvalue weighted by molar-refractivity contribution is 8.03. The SMILES string of the molecule is O=C(O)[C@H](CO)N1CSCCSC1.O=C(O)[C@H](CO)N1CSCCSC1. The Balaban J connectivity index is 0.000000260. The first kappa shape index (κ1) is 24.2. The van der Waals surface area contributed by atoms with Crippen molar-refractivity contribution in [1.29, 1.82) is 0 Å². The third-order valence-electron chi connectivity index (χ3n) is 3.57. The van der Waals surface area contributed by atoms with E-state index in [4.69, 9.17) is 20.4 Å². The number of thioether (sulfide) groups is 4. The quantitative estimate of drug-likeness (QED) is 0.448. The van der Waals surface area contributed by atoms with Crippen molar-refractivity contribution in [3.63, 3.8) is 0 Å².